The zero-order valence-electron chi connectivity index (χ0n) is 19.3. The van der Waals surface area contributed by atoms with Gasteiger partial charge in [0.15, 0.2) is 0 Å². The number of nitrogens with one attached hydrogen (secondary N) is 1. The highest BCUT2D eigenvalue weighted by Crippen LogP contribution is 2.34. The summed E-state index contributed by atoms with van der Waals surface area (Å²) in [6.07, 6.45) is 1.24. The highest BCUT2D eigenvalue weighted by molar-refractivity contribution is 6.02. The van der Waals surface area contributed by atoms with Crippen LogP contribution in [0.5, 0.6) is 5.75 Å². The molecule has 0 aromatic heterocycles. The van der Waals surface area contributed by atoms with Gasteiger partial charge in [-0.15, -0.1) is 0 Å². The summed E-state index contributed by atoms with van der Waals surface area (Å²) in [5, 5.41) is 2.57. The predicted molar refractivity (Wildman–Crippen MR) is 117 cm³/mol. The van der Waals surface area contributed by atoms with Gasteiger partial charge in [-0.05, 0) is 57.2 Å². The topological polar surface area (TPSA) is 88.2 Å². The summed E-state index contributed by atoms with van der Waals surface area (Å²) in [6.45, 7) is 11.1. The average Bonchev–Trinajstić information content (AvgIpc) is 2.78. The second kappa shape index (κ2) is 8.40. The van der Waals surface area contributed by atoms with Crippen LogP contribution in [0.4, 0.5) is 10.5 Å². The number of amides is 3. The fourth-order valence-electron chi connectivity index (χ4n) is 3.68. The number of likely N-dealkylation sites (N-methyl/N-ethyl adjacent to an activating group) is 1. The van der Waals surface area contributed by atoms with Crippen LogP contribution in [0.25, 0.3) is 0 Å². The van der Waals surface area contributed by atoms with Gasteiger partial charge in [-0.25, -0.2) is 4.79 Å². The fraction of sp³-hybridized carbons (Fsp3) is 0.609. The minimum absolute atomic E-state index is 0.0239. The number of anilines is 1. The van der Waals surface area contributed by atoms with Crippen LogP contribution in [-0.4, -0.2) is 61.2 Å². The first-order chi connectivity index (χ1) is 14.4. The number of alkyl carbamates (subject to hydrolysis) is 1. The molecule has 8 heteroatoms. The lowest BCUT2D eigenvalue weighted by atomic mass is 9.82. The SMILES string of the molecule is CN1C(=O)[C@@H](NC(=O)OC(C)(C)C)COc2ccc(C(=O)N3CCC(C)(C)CC3)cc21. The molecule has 1 fully saturated rings. The molecule has 31 heavy (non-hydrogen) atoms. The van der Waals surface area contributed by atoms with Crippen molar-refractivity contribution in [3.63, 3.8) is 0 Å². The maximum Gasteiger partial charge on any atom is 0.408 e. The number of likely N-dealkylation sites (tertiary alicyclic amines) is 1. The lowest BCUT2D eigenvalue weighted by Gasteiger charge is -2.37. The number of hydrogen-bond donors (Lipinski definition) is 1. The largest absolute Gasteiger partial charge is 0.489 e. The number of fused-ring (bicyclic) bond motifs is 1. The zero-order chi connectivity index (χ0) is 23.0. The molecular weight excluding hydrogens is 398 g/mol. The van der Waals surface area contributed by atoms with E-state index in [-0.39, 0.29) is 23.8 Å². The molecular formula is C23H33N3O5. The molecule has 0 unspecified atom stereocenters. The second-order valence-electron chi connectivity index (χ2n) is 10.0. The molecule has 1 N–H and O–H groups in total. The lowest BCUT2D eigenvalue weighted by molar-refractivity contribution is -0.120. The van der Waals surface area contributed by atoms with Crippen LogP contribution in [0.2, 0.25) is 0 Å². The molecule has 1 aromatic rings. The van der Waals surface area contributed by atoms with Crippen molar-refractivity contribution in [1.29, 1.82) is 0 Å². The van der Waals surface area contributed by atoms with Crippen molar-refractivity contribution in [1.82, 2.24) is 10.2 Å². The number of ether oxygens (including phenoxy) is 2. The molecule has 3 amide bonds. The van der Waals surface area contributed by atoms with Crippen molar-refractivity contribution in [2.45, 2.75) is 59.1 Å². The van der Waals surface area contributed by atoms with Crippen LogP contribution in [0.1, 0.15) is 57.8 Å². The van der Waals surface area contributed by atoms with E-state index < -0.39 is 17.7 Å². The van der Waals surface area contributed by atoms with Gasteiger partial charge in [0.25, 0.3) is 11.8 Å². The van der Waals surface area contributed by atoms with E-state index >= 15 is 0 Å². The molecule has 2 aliphatic heterocycles. The summed E-state index contributed by atoms with van der Waals surface area (Å²) >= 11 is 0. The molecule has 0 spiro atoms. The van der Waals surface area contributed by atoms with E-state index in [1.54, 1.807) is 46.0 Å². The Bertz CT molecular complexity index is 864. The Labute approximate surface area is 183 Å². The number of hydrogen-bond acceptors (Lipinski definition) is 5. The Kier molecular flexibility index (Phi) is 6.21. The molecule has 0 radical (unpaired) electrons. The maximum atomic E-state index is 13.0. The molecule has 1 aromatic carbocycles. The van der Waals surface area contributed by atoms with Crippen molar-refractivity contribution in [2.75, 3.05) is 31.6 Å². The Morgan fingerprint density at radius 2 is 1.84 bits per heavy atom. The highest BCUT2D eigenvalue weighted by atomic mass is 16.6. The minimum Gasteiger partial charge on any atom is -0.489 e. The van der Waals surface area contributed by atoms with Crippen LogP contribution in [-0.2, 0) is 9.53 Å². The van der Waals surface area contributed by atoms with Gasteiger partial charge in [-0.1, -0.05) is 13.8 Å². The molecule has 170 valence electrons. The first-order valence-corrected chi connectivity index (χ1v) is 10.7. The Morgan fingerprint density at radius 3 is 2.45 bits per heavy atom. The molecule has 1 saturated heterocycles. The smallest absolute Gasteiger partial charge is 0.408 e. The van der Waals surface area contributed by atoms with E-state index in [2.05, 4.69) is 19.2 Å². The van der Waals surface area contributed by atoms with E-state index in [1.165, 1.54) is 4.90 Å². The third-order valence-electron chi connectivity index (χ3n) is 5.70. The predicted octanol–water partition coefficient (Wildman–Crippen LogP) is 3.20. The second-order valence-corrected chi connectivity index (χ2v) is 10.0. The molecule has 2 aliphatic rings. The van der Waals surface area contributed by atoms with E-state index in [0.29, 0.717) is 17.0 Å². The van der Waals surface area contributed by atoms with Gasteiger partial charge in [-0.2, -0.15) is 0 Å². The molecule has 8 nitrogen and oxygen atoms in total. The van der Waals surface area contributed by atoms with Crippen LogP contribution < -0.4 is 15.0 Å². The van der Waals surface area contributed by atoms with Crippen molar-refractivity contribution >= 4 is 23.6 Å². The van der Waals surface area contributed by atoms with Crippen molar-refractivity contribution in [3.05, 3.63) is 23.8 Å². The number of benzene rings is 1. The summed E-state index contributed by atoms with van der Waals surface area (Å²) in [5.74, 6) is 0.0985. The van der Waals surface area contributed by atoms with Gasteiger partial charge in [0.05, 0.1) is 5.69 Å². The third kappa shape index (κ3) is 5.48. The molecule has 0 aliphatic carbocycles. The van der Waals surface area contributed by atoms with Crippen molar-refractivity contribution in [2.24, 2.45) is 5.41 Å². The molecule has 0 bridgehead atoms. The number of piperidine rings is 1. The number of carbonyl (C=O) groups excluding carboxylic acids is 3. The van der Waals surface area contributed by atoms with Gasteiger partial charge < -0.3 is 24.6 Å². The van der Waals surface area contributed by atoms with Gasteiger partial charge in [0.2, 0.25) is 0 Å². The minimum atomic E-state index is -0.893. The summed E-state index contributed by atoms with van der Waals surface area (Å²) < 4.78 is 11.0. The lowest BCUT2D eigenvalue weighted by Crippen LogP contribution is -2.50. The van der Waals surface area contributed by atoms with E-state index in [9.17, 15) is 14.4 Å². The average molecular weight is 432 g/mol. The molecule has 2 heterocycles. The summed E-state index contributed by atoms with van der Waals surface area (Å²) in [4.78, 5) is 41.4. The van der Waals surface area contributed by atoms with Crippen molar-refractivity contribution in [3.8, 4) is 5.75 Å². The summed E-state index contributed by atoms with van der Waals surface area (Å²) in [7, 11) is 1.61. The normalized spacial score (nSPS) is 21.0. The standard InChI is InChI=1S/C23H33N3O5/c1-22(2,3)31-21(29)24-16-14-30-18-8-7-15(13-17(18)25(6)20(16)28)19(27)26-11-9-23(4,5)10-12-26/h7-8,13,16H,9-12,14H2,1-6H3,(H,24,29)/t16-/m0/s1. The van der Waals surface area contributed by atoms with E-state index in [1.807, 2.05) is 4.90 Å². The van der Waals surface area contributed by atoms with Gasteiger partial charge >= 0.3 is 6.09 Å². The molecule has 3 rings (SSSR count). The quantitative estimate of drug-likeness (QED) is 0.777. The van der Waals surface area contributed by atoms with Gasteiger partial charge in [0, 0.05) is 25.7 Å². The molecule has 1 atom stereocenters. The first kappa shape index (κ1) is 22.9. The van der Waals surface area contributed by atoms with Crippen LogP contribution in [0.3, 0.4) is 0 Å². The Balaban J connectivity index is 1.74. The number of nitrogens with zero attached hydrogens (tertiary/aromatic N) is 2. The summed E-state index contributed by atoms with van der Waals surface area (Å²) in [6, 6.07) is 4.22. The van der Waals surface area contributed by atoms with E-state index in [0.717, 1.165) is 25.9 Å². The zero-order valence-corrected chi connectivity index (χ0v) is 19.3. The fourth-order valence-corrected chi connectivity index (χ4v) is 3.68. The summed E-state index contributed by atoms with van der Waals surface area (Å²) in [5.41, 5.74) is 0.593. The third-order valence-corrected chi connectivity index (χ3v) is 5.70. The van der Waals surface area contributed by atoms with Gasteiger partial charge in [0.1, 0.15) is 24.0 Å². The number of rotatable bonds is 2. The first-order valence-electron chi connectivity index (χ1n) is 10.7. The highest BCUT2D eigenvalue weighted by Gasteiger charge is 2.33. The Morgan fingerprint density at radius 1 is 1.19 bits per heavy atom. The van der Waals surface area contributed by atoms with Crippen molar-refractivity contribution < 1.29 is 23.9 Å². The van der Waals surface area contributed by atoms with E-state index in [4.69, 9.17) is 9.47 Å². The van der Waals surface area contributed by atoms with Gasteiger partial charge in [-0.3, -0.25) is 9.59 Å². The van der Waals surface area contributed by atoms with Crippen LogP contribution in [0, 0.1) is 5.41 Å². The molecule has 0 saturated carbocycles. The monoisotopic (exact) mass is 431 g/mol. The van der Waals surface area contributed by atoms with Crippen LogP contribution in [0.15, 0.2) is 18.2 Å². The van der Waals surface area contributed by atoms with Crippen LogP contribution >= 0.6 is 0 Å². The number of carbonyl (C=O) groups is 3. The maximum absolute atomic E-state index is 13.0. The Hall–Kier alpha value is -2.77.